The third-order valence-electron chi connectivity index (χ3n) is 6.57. The number of rotatable bonds is 10. The molecule has 0 saturated heterocycles. The van der Waals surface area contributed by atoms with Crippen molar-refractivity contribution in [2.24, 2.45) is 11.1 Å². The number of unbranched alkanes of at least 4 members (excludes halogenated alkanes) is 5. The molecule has 0 amide bonds. The SMILES string of the molecule is CCCCCCCCC(C)c1c(CC)nn2c1C(N)CC2C(C)(C)C(F)(F)F. The molecule has 1 aliphatic rings. The van der Waals surface area contributed by atoms with Crippen molar-refractivity contribution in [3.8, 4) is 0 Å². The first-order chi connectivity index (χ1) is 13.1. The van der Waals surface area contributed by atoms with Crippen LogP contribution in [0, 0.1) is 5.41 Å². The predicted molar refractivity (Wildman–Crippen MR) is 108 cm³/mol. The Hall–Kier alpha value is -1.04. The first-order valence-electron chi connectivity index (χ1n) is 11.0. The third-order valence-corrected chi connectivity index (χ3v) is 6.57. The van der Waals surface area contributed by atoms with E-state index in [0.717, 1.165) is 36.2 Å². The van der Waals surface area contributed by atoms with Crippen molar-refractivity contribution in [3.63, 3.8) is 0 Å². The zero-order valence-corrected chi connectivity index (χ0v) is 18.2. The number of aryl methyl sites for hydroxylation is 1. The van der Waals surface area contributed by atoms with Crippen molar-refractivity contribution < 1.29 is 13.2 Å². The summed E-state index contributed by atoms with van der Waals surface area (Å²) in [6.07, 6.45) is 5.21. The maximum absolute atomic E-state index is 13.7. The van der Waals surface area contributed by atoms with Crippen molar-refractivity contribution in [1.82, 2.24) is 9.78 Å². The number of alkyl halides is 3. The van der Waals surface area contributed by atoms with E-state index in [1.54, 1.807) is 4.68 Å². The minimum absolute atomic E-state index is 0.281. The topological polar surface area (TPSA) is 43.8 Å². The van der Waals surface area contributed by atoms with Gasteiger partial charge in [0.15, 0.2) is 0 Å². The summed E-state index contributed by atoms with van der Waals surface area (Å²) in [4.78, 5) is 0. The van der Waals surface area contributed by atoms with Crippen LogP contribution in [0.3, 0.4) is 0 Å². The van der Waals surface area contributed by atoms with Gasteiger partial charge in [0.05, 0.1) is 22.8 Å². The fourth-order valence-electron chi connectivity index (χ4n) is 4.53. The quantitative estimate of drug-likeness (QED) is 0.437. The first kappa shape index (κ1) is 23.2. The van der Waals surface area contributed by atoms with Crippen LogP contribution in [-0.2, 0) is 6.42 Å². The standard InChI is InChI=1S/C22H38F3N3/c1-6-8-9-10-11-12-13-15(3)19-17(7-2)27-28-18(14-16(26)20(19)28)21(4,5)22(23,24)25/h15-16,18H,6-14,26H2,1-5H3. The lowest BCUT2D eigenvalue weighted by Crippen LogP contribution is -2.39. The minimum atomic E-state index is -4.29. The highest BCUT2D eigenvalue weighted by molar-refractivity contribution is 5.35. The first-order valence-corrected chi connectivity index (χ1v) is 11.0. The van der Waals surface area contributed by atoms with E-state index in [9.17, 15) is 13.2 Å². The van der Waals surface area contributed by atoms with E-state index in [2.05, 4.69) is 18.9 Å². The molecule has 3 nitrogen and oxygen atoms in total. The van der Waals surface area contributed by atoms with Crippen LogP contribution in [0.4, 0.5) is 13.2 Å². The number of nitrogens with zero attached hydrogens (tertiary/aromatic N) is 2. The van der Waals surface area contributed by atoms with E-state index in [-0.39, 0.29) is 12.0 Å². The van der Waals surface area contributed by atoms with Crippen LogP contribution < -0.4 is 5.73 Å². The summed E-state index contributed by atoms with van der Waals surface area (Å²) >= 11 is 0. The number of nitrogens with two attached hydrogens (primary N) is 1. The fraction of sp³-hybridized carbons (Fsp3) is 0.864. The molecule has 0 spiro atoms. The second kappa shape index (κ2) is 9.19. The lowest BCUT2D eigenvalue weighted by molar-refractivity contribution is -0.227. The summed E-state index contributed by atoms with van der Waals surface area (Å²) in [6, 6.07) is -1.11. The van der Waals surface area contributed by atoms with E-state index in [1.807, 2.05) is 6.92 Å². The summed E-state index contributed by atoms with van der Waals surface area (Å²) in [5.74, 6) is 0.281. The normalized spacial score (nSPS) is 21.2. The Labute approximate surface area is 168 Å². The highest BCUT2D eigenvalue weighted by Gasteiger charge is 2.56. The molecule has 3 atom stereocenters. The third kappa shape index (κ3) is 4.58. The number of aromatic nitrogens is 2. The maximum Gasteiger partial charge on any atom is 0.396 e. The lowest BCUT2D eigenvalue weighted by atomic mass is 9.82. The molecular weight excluding hydrogens is 363 g/mol. The van der Waals surface area contributed by atoms with Gasteiger partial charge in [0.2, 0.25) is 0 Å². The molecule has 2 N–H and O–H groups in total. The second-order valence-electron chi connectivity index (χ2n) is 9.08. The summed E-state index contributed by atoms with van der Waals surface area (Å²) in [7, 11) is 0. The van der Waals surface area contributed by atoms with Crippen LogP contribution in [0.5, 0.6) is 0 Å². The summed E-state index contributed by atoms with van der Waals surface area (Å²) < 4.78 is 42.6. The fourth-order valence-corrected chi connectivity index (χ4v) is 4.53. The van der Waals surface area contributed by atoms with E-state index in [4.69, 9.17) is 5.73 Å². The van der Waals surface area contributed by atoms with Gasteiger partial charge >= 0.3 is 6.18 Å². The molecule has 0 aromatic carbocycles. The van der Waals surface area contributed by atoms with Crippen molar-refractivity contribution in [2.75, 3.05) is 0 Å². The number of halogens is 3. The monoisotopic (exact) mass is 401 g/mol. The molecular formula is C22H38F3N3. The van der Waals surface area contributed by atoms with Gasteiger partial charge in [-0.25, -0.2) is 0 Å². The van der Waals surface area contributed by atoms with Crippen LogP contribution in [0.2, 0.25) is 0 Å². The molecule has 28 heavy (non-hydrogen) atoms. The zero-order valence-electron chi connectivity index (χ0n) is 18.2. The van der Waals surface area contributed by atoms with Crippen molar-refractivity contribution in [1.29, 1.82) is 0 Å². The molecule has 0 bridgehead atoms. The Balaban J connectivity index is 2.21. The Kier molecular flexibility index (Phi) is 7.62. The Morgan fingerprint density at radius 2 is 1.71 bits per heavy atom. The van der Waals surface area contributed by atoms with Gasteiger partial charge in [0.25, 0.3) is 0 Å². The van der Waals surface area contributed by atoms with Gasteiger partial charge < -0.3 is 5.73 Å². The number of hydrogen-bond acceptors (Lipinski definition) is 2. The molecule has 0 fully saturated rings. The summed E-state index contributed by atoms with van der Waals surface area (Å²) in [6.45, 7) is 8.95. The predicted octanol–water partition coefficient (Wildman–Crippen LogP) is 6.83. The van der Waals surface area contributed by atoms with Crippen molar-refractivity contribution in [2.45, 2.75) is 117 Å². The molecule has 1 aliphatic heterocycles. The van der Waals surface area contributed by atoms with Gasteiger partial charge in [0.1, 0.15) is 0 Å². The highest BCUT2D eigenvalue weighted by atomic mass is 19.4. The van der Waals surface area contributed by atoms with Crippen LogP contribution in [0.15, 0.2) is 0 Å². The Morgan fingerprint density at radius 3 is 2.29 bits per heavy atom. The van der Waals surface area contributed by atoms with Crippen molar-refractivity contribution in [3.05, 3.63) is 17.0 Å². The molecule has 0 saturated carbocycles. The van der Waals surface area contributed by atoms with Gasteiger partial charge in [-0.2, -0.15) is 18.3 Å². The molecule has 0 radical (unpaired) electrons. The summed E-state index contributed by atoms with van der Waals surface area (Å²) in [5.41, 5.74) is 7.39. The lowest BCUT2D eigenvalue weighted by Gasteiger charge is -2.34. The van der Waals surface area contributed by atoms with E-state index in [1.165, 1.54) is 46.0 Å². The molecule has 2 heterocycles. The van der Waals surface area contributed by atoms with Gasteiger partial charge in [-0.1, -0.05) is 59.3 Å². The number of fused-ring (bicyclic) bond motifs is 1. The molecule has 162 valence electrons. The molecule has 6 heteroatoms. The van der Waals surface area contributed by atoms with E-state index >= 15 is 0 Å². The summed E-state index contributed by atoms with van der Waals surface area (Å²) in [5, 5.41) is 4.65. The van der Waals surface area contributed by atoms with Gasteiger partial charge in [-0.3, -0.25) is 4.68 Å². The maximum atomic E-state index is 13.7. The molecule has 3 unspecified atom stereocenters. The molecule has 1 aromatic rings. The zero-order chi connectivity index (χ0) is 21.1. The van der Waals surface area contributed by atoms with Gasteiger partial charge in [-0.05, 0) is 39.0 Å². The largest absolute Gasteiger partial charge is 0.396 e. The Morgan fingerprint density at radius 1 is 1.11 bits per heavy atom. The van der Waals surface area contributed by atoms with Gasteiger partial charge in [0, 0.05) is 11.6 Å². The van der Waals surface area contributed by atoms with Crippen LogP contribution in [0.25, 0.3) is 0 Å². The average Bonchev–Trinajstić information content (AvgIpc) is 3.14. The highest BCUT2D eigenvalue weighted by Crippen LogP contribution is 2.53. The van der Waals surface area contributed by atoms with Crippen LogP contribution in [-0.4, -0.2) is 16.0 Å². The van der Waals surface area contributed by atoms with Crippen molar-refractivity contribution >= 4 is 0 Å². The average molecular weight is 402 g/mol. The smallest absolute Gasteiger partial charge is 0.323 e. The molecule has 1 aromatic heterocycles. The molecule has 2 rings (SSSR count). The van der Waals surface area contributed by atoms with E-state index < -0.39 is 17.6 Å². The number of hydrogen-bond donors (Lipinski definition) is 1. The minimum Gasteiger partial charge on any atom is -0.323 e. The van der Waals surface area contributed by atoms with Crippen LogP contribution >= 0.6 is 0 Å². The molecule has 0 aliphatic carbocycles. The van der Waals surface area contributed by atoms with Gasteiger partial charge in [-0.15, -0.1) is 0 Å². The second-order valence-corrected chi connectivity index (χ2v) is 9.08. The Bertz CT molecular complexity index is 634. The van der Waals surface area contributed by atoms with E-state index in [0.29, 0.717) is 6.42 Å². The van der Waals surface area contributed by atoms with Crippen LogP contribution in [0.1, 0.15) is 121 Å².